The molecule has 0 radical (unpaired) electrons. The van der Waals surface area contributed by atoms with Crippen LogP contribution in [0, 0.1) is 0 Å². The van der Waals surface area contributed by atoms with Crippen molar-refractivity contribution < 1.29 is 28.5 Å². The van der Waals surface area contributed by atoms with Crippen molar-refractivity contribution in [2.75, 3.05) is 33.8 Å². The highest BCUT2D eigenvalue weighted by Crippen LogP contribution is 2.26. The predicted octanol–water partition coefficient (Wildman–Crippen LogP) is 1.62. The molecule has 1 aromatic carbocycles. The van der Waals surface area contributed by atoms with Gasteiger partial charge < -0.3 is 24.3 Å². The fraction of sp³-hybridized carbons (Fsp3) is 0.333. The van der Waals surface area contributed by atoms with E-state index in [1.165, 1.54) is 28.4 Å². The molecule has 0 atom stereocenters. The summed E-state index contributed by atoms with van der Waals surface area (Å²) in [6.07, 6.45) is 0.387. The van der Waals surface area contributed by atoms with Gasteiger partial charge >= 0.3 is 11.9 Å². The SMILES string of the molecule is COC(=O)/C=C(/Nc1ccccc1C(OC)OC)C(=O)OC. The summed E-state index contributed by atoms with van der Waals surface area (Å²) in [5, 5.41) is 2.84. The van der Waals surface area contributed by atoms with Crippen LogP contribution in [0.25, 0.3) is 0 Å². The van der Waals surface area contributed by atoms with Gasteiger partial charge in [0.25, 0.3) is 0 Å². The number of benzene rings is 1. The lowest BCUT2D eigenvalue weighted by Crippen LogP contribution is -2.17. The molecule has 7 heteroatoms. The van der Waals surface area contributed by atoms with E-state index in [-0.39, 0.29) is 5.70 Å². The number of nitrogens with one attached hydrogen (secondary N) is 1. The third-order valence-corrected chi connectivity index (χ3v) is 2.78. The maximum absolute atomic E-state index is 11.8. The van der Waals surface area contributed by atoms with Crippen molar-refractivity contribution in [1.82, 2.24) is 0 Å². The van der Waals surface area contributed by atoms with E-state index >= 15 is 0 Å². The van der Waals surface area contributed by atoms with E-state index in [9.17, 15) is 9.59 Å². The molecule has 0 saturated carbocycles. The lowest BCUT2D eigenvalue weighted by Gasteiger charge is -2.19. The number of hydrogen-bond donors (Lipinski definition) is 1. The van der Waals surface area contributed by atoms with Crippen LogP contribution in [-0.2, 0) is 28.5 Å². The Morgan fingerprint density at radius 2 is 1.68 bits per heavy atom. The van der Waals surface area contributed by atoms with Crippen LogP contribution >= 0.6 is 0 Å². The van der Waals surface area contributed by atoms with Crippen molar-refractivity contribution in [2.45, 2.75) is 6.29 Å². The Morgan fingerprint density at radius 1 is 1.05 bits per heavy atom. The van der Waals surface area contributed by atoms with Gasteiger partial charge in [-0.1, -0.05) is 18.2 Å². The normalized spacial score (nSPS) is 11.2. The Morgan fingerprint density at radius 3 is 2.23 bits per heavy atom. The number of ether oxygens (including phenoxy) is 4. The van der Waals surface area contributed by atoms with Gasteiger partial charge in [-0.2, -0.15) is 0 Å². The van der Waals surface area contributed by atoms with Crippen LogP contribution in [0.15, 0.2) is 36.0 Å². The van der Waals surface area contributed by atoms with Crippen LogP contribution < -0.4 is 5.32 Å². The average Bonchev–Trinajstić information content (AvgIpc) is 2.55. The Hall–Kier alpha value is -2.38. The molecule has 0 spiro atoms. The fourth-order valence-electron chi connectivity index (χ4n) is 1.74. The molecule has 1 aromatic rings. The van der Waals surface area contributed by atoms with Gasteiger partial charge in [0, 0.05) is 25.5 Å². The summed E-state index contributed by atoms with van der Waals surface area (Å²) in [6.45, 7) is 0. The Kier molecular flexibility index (Phi) is 7.07. The highest BCUT2D eigenvalue weighted by molar-refractivity contribution is 5.98. The van der Waals surface area contributed by atoms with Crippen molar-refractivity contribution in [2.24, 2.45) is 0 Å². The monoisotopic (exact) mass is 309 g/mol. The number of anilines is 1. The van der Waals surface area contributed by atoms with Crippen LogP contribution in [0.5, 0.6) is 0 Å². The van der Waals surface area contributed by atoms with E-state index in [0.717, 1.165) is 6.08 Å². The first-order chi connectivity index (χ1) is 10.6. The molecular formula is C15H19NO6. The molecule has 7 nitrogen and oxygen atoms in total. The van der Waals surface area contributed by atoms with Gasteiger partial charge in [-0.25, -0.2) is 9.59 Å². The molecule has 1 N–H and O–H groups in total. The highest BCUT2D eigenvalue weighted by Gasteiger charge is 2.18. The minimum absolute atomic E-state index is 0.0623. The van der Waals surface area contributed by atoms with Gasteiger partial charge in [-0.15, -0.1) is 0 Å². The third-order valence-electron chi connectivity index (χ3n) is 2.78. The van der Waals surface area contributed by atoms with E-state index in [1.54, 1.807) is 24.3 Å². The first kappa shape index (κ1) is 17.7. The fourth-order valence-corrected chi connectivity index (χ4v) is 1.74. The summed E-state index contributed by atoms with van der Waals surface area (Å²) in [4.78, 5) is 23.1. The molecule has 0 aliphatic heterocycles. The highest BCUT2D eigenvalue weighted by atomic mass is 16.7. The van der Waals surface area contributed by atoms with Crippen molar-refractivity contribution in [1.29, 1.82) is 0 Å². The van der Waals surface area contributed by atoms with Crippen LogP contribution in [-0.4, -0.2) is 40.4 Å². The summed E-state index contributed by atoms with van der Waals surface area (Å²) >= 11 is 0. The zero-order chi connectivity index (χ0) is 16.5. The molecule has 0 fully saturated rings. The molecule has 0 aliphatic carbocycles. The standard InChI is InChI=1S/C15H19NO6/c1-19-13(17)9-12(14(18)20-2)16-11-8-6-5-7-10(11)15(21-3)22-4/h5-9,15-16H,1-4H3/b12-9+. The molecule has 0 saturated heterocycles. The molecule has 22 heavy (non-hydrogen) atoms. The molecule has 0 bridgehead atoms. The molecule has 1 rings (SSSR count). The van der Waals surface area contributed by atoms with Crippen molar-refractivity contribution in [3.63, 3.8) is 0 Å². The number of esters is 2. The van der Waals surface area contributed by atoms with E-state index in [0.29, 0.717) is 11.3 Å². The minimum atomic E-state index is -0.702. The molecule has 0 amide bonds. The maximum atomic E-state index is 11.8. The molecule has 0 aliphatic rings. The largest absolute Gasteiger partial charge is 0.466 e. The second-order valence-corrected chi connectivity index (χ2v) is 4.09. The summed E-state index contributed by atoms with van der Waals surface area (Å²) in [5.74, 6) is -1.38. The molecule has 0 heterocycles. The lowest BCUT2D eigenvalue weighted by molar-refractivity contribution is -0.138. The topological polar surface area (TPSA) is 83.1 Å². The molecule has 0 aromatic heterocycles. The van der Waals surface area contributed by atoms with E-state index in [4.69, 9.17) is 9.47 Å². The van der Waals surface area contributed by atoms with Crippen molar-refractivity contribution in [3.05, 3.63) is 41.6 Å². The van der Waals surface area contributed by atoms with Crippen LogP contribution in [0.4, 0.5) is 5.69 Å². The minimum Gasteiger partial charge on any atom is -0.466 e. The van der Waals surface area contributed by atoms with Crippen LogP contribution in [0.3, 0.4) is 0 Å². The van der Waals surface area contributed by atoms with Gasteiger partial charge in [0.1, 0.15) is 5.70 Å². The van der Waals surface area contributed by atoms with Crippen LogP contribution in [0.2, 0.25) is 0 Å². The van der Waals surface area contributed by atoms with E-state index in [2.05, 4.69) is 14.8 Å². The maximum Gasteiger partial charge on any atom is 0.354 e. The number of para-hydroxylation sites is 1. The van der Waals surface area contributed by atoms with Gasteiger partial charge in [-0.05, 0) is 6.07 Å². The quantitative estimate of drug-likeness (QED) is 0.465. The van der Waals surface area contributed by atoms with Crippen molar-refractivity contribution in [3.8, 4) is 0 Å². The van der Waals surface area contributed by atoms with Gasteiger partial charge in [0.15, 0.2) is 6.29 Å². The zero-order valence-electron chi connectivity index (χ0n) is 12.9. The van der Waals surface area contributed by atoms with Crippen molar-refractivity contribution >= 4 is 17.6 Å². The molecular weight excluding hydrogens is 290 g/mol. The average molecular weight is 309 g/mol. The lowest BCUT2D eigenvalue weighted by atomic mass is 10.1. The first-order valence-electron chi connectivity index (χ1n) is 6.36. The zero-order valence-corrected chi connectivity index (χ0v) is 12.9. The van der Waals surface area contributed by atoms with Gasteiger partial charge in [0.05, 0.1) is 20.3 Å². The summed E-state index contributed by atoms with van der Waals surface area (Å²) in [5.41, 5.74) is 1.14. The summed E-state index contributed by atoms with van der Waals surface area (Å²) in [6, 6.07) is 7.05. The van der Waals surface area contributed by atoms with Crippen LogP contribution in [0.1, 0.15) is 11.9 Å². The smallest absolute Gasteiger partial charge is 0.354 e. The Balaban J connectivity index is 3.16. The molecule has 0 unspecified atom stereocenters. The number of rotatable bonds is 7. The Bertz CT molecular complexity index is 551. The summed E-state index contributed by atoms with van der Waals surface area (Å²) in [7, 11) is 5.43. The van der Waals surface area contributed by atoms with Gasteiger partial charge in [0.2, 0.25) is 0 Å². The van der Waals surface area contributed by atoms with Gasteiger partial charge in [-0.3, -0.25) is 0 Å². The number of carbonyl (C=O) groups is 2. The summed E-state index contributed by atoms with van der Waals surface area (Å²) < 4.78 is 19.6. The first-order valence-corrected chi connectivity index (χ1v) is 6.36. The second kappa shape index (κ2) is 8.81. The third kappa shape index (κ3) is 4.57. The number of methoxy groups -OCH3 is 4. The molecule has 120 valence electrons. The number of hydrogen-bond acceptors (Lipinski definition) is 7. The number of carbonyl (C=O) groups excluding carboxylic acids is 2. The van der Waals surface area contributed by atoms with E-state index in [1.807, 2.05) is 0 Å². The Labute approximate surface area is 128 Å². The predicted molar refractivity (Wildman–Crippen MR) is 78.9 cm³/mol. The second-order valence-electron chi connectivity index (χ2n) is 4.09. The van der Waals surface area contributed by atoms with E-state index < -0.39 is 18.2 Å².